The molecule has 1 aromatic heterocycles. The third-order valence-corrected chi connectivity index (χ3v) is 3.77. The molecule has 0 aromatic carbocycles. The number of pyridine rings is 1. The van der Waals surface area contributed by atoms with E-state index in [-0.39, 0.29) is 23.0 Å². The summed E-state index contributed by atoms with van der Waals surface area (Å²) in [6, 6.07) is 2.90. The highest BCUT2D eigenvalue weighted by Crippen LogP contribution is 2.28. The fourth-order valence-electron chi connectivity index (χ4n) is 1.80. The van der Waals surface area contributed by atoms with Gasteiger partial charge in [0.15, 0.2) is 0 Å². The van der Waals surface area contributed by atoms with Crippen LogP contribution in [0.2, 0.25) is 0 Å². The first kappa shape index (κ1) is 15.6. The van der Waals surface area contributed by atoms with E-state index < -0.39 is 17.8 Å². The molecule has 0 aliphatic carbocycles. The highest BCUT2D eigenvalue weighted by Gasteiger charge is 2.30. The van der Waals surface area contributed by atoms with Crippen molar-refractivity contribution < 1.29 is 22.8 Å². The molecule has 1 aliphatic heterocycles. The minimum absolute atomic E-state index is 0.0193. The summed E-state index contributed by atoms with van der Waals surface area (Å²) in [7, 11) is 0. The lowest BCUT2D eigenvalue weighted by Gasteiger charge is -2.27. The van der Waals surface area contributed by atoms with Crippen molar-refractivity contribution in [2.45, 2.75) is 11.2 Å². The van der Waals surface area contributed by atoms with Crippen LogP contribution in [0.5, 0.6) is 0 Å². The normalized spacial score (nSPS) is 15.8. The van der Waals surface area contributed by atoms with E-state index in [0.717, 1.165) is 0 Å². The molecule has 1 aromatic rings. The van der Waals surface area contributed by atoms with Crippen molar-refractivity contribution in [2.24, 2.45) is 0 Å². The smallest absolute Gasteiger partial charge is 0.353 e. The zero-order chi connectivity index (χ0) is 15.5. The predicted molar refractivity (Wildman–Crippen MR) is 69.9 cm³/mol. The summed E-state index contributed by atoms with van der Waals surface area (Å²) in [6.07, 6.45) is -3.01. The molecule has 5 nitrogen and oxygen atoms in total. The van der Waals surface area contributed by atoms with Crippen LogP contribution < -0.4 is 5.32 Å². The molecule has 21 heavy (non-hydrogen) atoms. The van der Waals surface area contributed by atoms with E-state index in [0.29, 0.717) is 24.9 Å². The van der Waals surface area contributed by atoms with E-state index in [4.69, 9.17) is 0 Å². The number of rotatable bonds is 3. The van der Waals surface area contributed by atoms with Crippen molar-refractivity contribution in [3.05, 3.63) is 23.9 Å². The van der Waals surface area contributed by atoms with Crippen molar-refractivity contribution >= 4 is 23.6 Å². The molecule has 2 amide bonds. The Morgan fingerprint density at radius 2 is 2.24 bits per heavy atom. The molecule has 0 unspecified atom stereocenters. The molecule has 1 N–H and O–H groups in total. The van der Waals surface area contributed by atoms with Gasteiger partial charge in [0.1, 0.15) is 5.03 Å². The molecule has 0 saturated carbocycles. The van der Waals surface area contributed by atoms with Crippen LogP contribution in [0.15, 0.2) is 23.4 Å². The molecule has 114 valence electrons. The SMILES string of the molecule is O=C1CN(C(=O)c2cccnc2SCC(F)(F)F)CCN1. The fraction of sp³-hybridized carbons (Fsp3) is 0.417. The van der Waals surface area contributed by atoms with Crippen molar-refractivity contribution in [2.75, 3.05) is 25.4 Å². The molecule has 2 heterocycles. The number of aromatic nitrogens is 1. The van der Waals surface area contributed by atoms with Crippen LogP contribution in [0, 0.1) is 0 Å². The summed E-state index contributed by atoms with van der Waals surface area (Å²) >= 11 is 0.463. The van der Waals surface area contributed by atoms with Crippen molar-refractivity contribution in [3.63, 3.8) is 0 Å². The van der Waals surface area contributed by atoms with Crippen molar-refractivity contribution in [1.82, 2.24) is 15.2 Å². The maximum atomic E-state index is 12.3. The lowest BCUT2D eigenvalue weighted by Crippen LogP contribution is -2.50. The van der Waals surface area contributed by atoms with Crippen LogP contribution in [0.4, 0.5) is 13.2 Å². The number of hydrogen-bond acceptors (Lipinski definition) is 4. The Labute approximate surface area is 122 Å². The second-order valence-corrected chi connectivity index (χ2v) is 5.30. The summed E-state index contributed by atoms with van der Waals surface area (Å²) in [4.78, 5) is 28.7. The summed E-state index contributed by atoms with van der Waals surface area (Å²) in [5.41, 5.74) is 0.0847. The Morgan fingerprint density at radius 1 is 1.48 bits per heavy atom. The predicted octanol–water partition coefficient (Wildman–Crippen LogP) is 1.31. The molecule has 1 saturated heterocycles. The molecule has 9 heteroatoms. The minimum atomic E-state index is -4.34. The number of carbonyl (C=O) groups excluding carboxylic acids is 2. The summed E-state index contributed by atoms with van der Waals surface area (Å²) in [5, 5.41) is 2.59. The van der Waals surface area contributed by atoms with Gasteiger partial charge in [0.25, 0.3) is 5.91 Å². The summed E-state index contributed by atoms with van der Waals surface area (Å²) < 4.78 is 36.8. The second kappa shape index (κ2) is 6.33. The standard InChI is InChI=1S/C12H12F3N3O2S/c13-12(14,15)7-21-10-8(2-1-3-17-10)11(20)18-5-4-16-9(19)6-18/h1-3H,4-7H2,(H,16,19). The zero-order valence-electron chi connectivity index (χ0n) is 10.8. The third-order valence-electron chi connectivity index (χ3n) is 2.70. The summed E-state index contributed by atoms with van der Waals surface area (Å²) in [6.45, 7) is 0.551. The molecule has 0 bridgehead atoms. The molecule has 0 atom stereocenters. The third kappa shape index (κ3) is 4.35. The second-order valence-electron chi connectivity index (χ2n) is 4.34. The number of amides is 2. The van der Waals surface area contributed by atoms with E-state index in [9.17, 15) is 22.8 Å². The number of thioether (sulfide) groups is 1. The van der Waals surface area contributed by atoms with Crippen LogP contribution in [-0.2, 0) is 4.79 Å². The molecule has 1 aliphatic rings. The number of halogens is 3. The summed E-state index contributed by atoms with van der Waals surface area (Å²) in [5.74, 6) is -1.89. The molecule has 0 spiro atoms. The van der Waals surface area contributed by atoms with Crippen LogP contribution in [0.25, 0.3) is 0 Å². The Kier molecular flexibility index (Phi) is 4.71. The Hall–Kier alpha value is -1.77. The number of nitrogens with one attached hydrogen (secondary N) is 1. The van der Waals surface area contributed by atoms with Gasteiger partial charge >= 0.3 is 6.18 Å². The monoisotopic (exact) mass is 319 g/mol. The van der Waals surface area contributed by atoms with Crippen molar-refractivity contribution in [1.29, 1.82) is 0 Å². The number of nitrogens with zero attached hydrogens (tertiary/aromatic N) is 2. The van der Waals surface area contributed by atoms with Gasteiger partial charge in [-0.25, -0.2) is 4.98 Å². The van der Waals surface area contributed by atoms with Gasteiger partial charge in [-0.1, -0.05) is 11.8 Å². The lowest BCUT2D eigenvalue weighted by atomic mass is 10.2. The molecular formula is C12H12F3N3O2S. The number of carbonyl (C=O) groups is 2. The van der Waals surface area contributed by atoms with Gasteiger partial charge < -0.3 is 10.2 Å². The molecule has 0 radical (unpaired) electrons. The molecular weight excluding hydrogens is 307 g/mol. The van der Waals surface area contributed by atoms with Gasteiger partial charge in [0, 0.05) is 19.3 Å². The van der Waals surface area contributed by atoms with Crippen molar-refractivity contribution in [3.8, 4) is 0 Å². The first-order chi connectivity index (χ1) is 9.87. The quantitative estimate of drug-likeness (QED) is 0.853. The lowest BCUT2D eigenvalue weighted by molar-refractivity contribution is -0.123. The topological polar surface area (TPSA) is 62.3 Å². The highest BCUT2D eigenvalue weighted by molar-refractivity contribution is 7.99. The highest BCUT2D eigenvalue weighted by atomic mass is 32.2. The van der Waals surface area contributed by atoms with Gasteiger partial charge in [-0.05, 0) is 12.1 Å². The van der Waals surface area contributed by atoms with Gasteiger partial charge in [-0.3, -0.25) is 9.59 Å². The average Bonchev–Trinajstić information content (AvgIpc) is 2.44. The average molecular weight is 319 g/mol. The maximum absolute atomic E-state index is 12.3. The molecule has 1 fully saturated rings. The fourth-order valence-corrected chi connectivity index (χ4v) is 2.55. The van der Waals surface area contributed by atoms with Gasteiger partial charge in [-0.15, -0.1) is 0 Å². The number of piperazine rings is 1. The van der Waals surface area contributed by atoms with Crippen LogP contribution in [0.3, 0.4) is 0 Å². The van der Waals surface area contributed by atoms with E-state index in [1.54, 1.807) is 0 Å². The largest absolute Gasteiger partial charge is 0.398 e. The van der Waals surface area contributed by atoms with Gasteiger partial charge in [0.05, 0.1) is 17.9 Å². The van der Waals surface area contributed by atoms with Gasteiger partial charge in [-0.2, -0.15) is 13.2 Å². The Balaban J connectivity index is 2.15. The van der Waals surface area contributed by atoms with Crippen LogP contribution >= 0.6 is 11.8 Å². The number of alkyl halides is 3. The molecule has 2 rings (SSSR count). The maximum Gasteiger partial charge on any atom is 0.398 e. The Morgan fingerprint density at radius 3 is 2.90 bits per heavy atom. The first-order valence-electron chi connectivity index (χ1n) is 6.07. The van der Waals surface area contributed by atoms with E-state index in [2.05, 4.69) is 10.3 Å². The zero-order valence-corrected chi connectivity index (χ0v) is 11.6. The van der Waals surface area contributed by atoms with Crippen LogP contribution in [-0.4, -0.2) is 53.3 Å². The van der Waals surface area contributed by atoms with E-state index >= 15 is 0 Å². The Bertz CT molecular complexity index is 551. The van der Waals surface area contributed by atoms with E-state index in [1.165, 1.54) is 23.2 Å². The van der Waals surface area contributed by atoms with E-state index in [1.807, 2.05) is 0 Å². The van der Waals surface area contributed by atoms with Crippen LogP contribution in [0.1, 0.15) is 10.4 Å². The first-order valence-corrected chi connectivity index (χ1v) is 7.06. The van der Waals surface area contributed by atoms with Gasteiger partial charge in [0.2, 0.25) is 5.91 Å². The number of hydrogen-bond donors (Lipinski definition) is 1. The minimum Gasteiger partial charge on any atom is -0.353 e.